The molecular formula is C23H38N6O3S. The van der Waals surface area contributed by atoms with Crippen LogP contribution in [0.2, 0.25) is 0 Å². The Balaban J connectivity index is 1.59. The van der Waals surface area contributed by atoms with Gasteiger partial charge in [0.2, 0.25) is 23.4 Å². The van der Waals surface area contributed by atoms with Gasteiger partial charge in [-0.2, -0.15) is 9.57 Å². The summed E-state index contributed by atoms with van der Waals surface area (Å²) in [5.41, 5.74) is 6.80. The summed E-state index contributed by atoms with van der Waals surface area (Å²) in [6, 6.07) is 3.67. The zero-order valence-corrected chi connectivity index (χ0v) is 20.3. The maximum absolute atomic E-state index is 11.6. The molecule has 3 N–H and O–H groups in total. The second-order valence-electron chi connectivity index (χ2n) is 8.43. The fraction of sp³-hybridized carbons (Fsp3) is 0.696. The summed E-state index contributed by atoms with van der Waals surface area (Å²) in [6.45, 7) is 2.99. The molecule has 2 rings (SSSR count). The summed E-state index contributed by atoms with van der Waals surface area (Å²) < 4.78 is 28.5. The van der Waals surface area contributed by atoms with E-state index in [1.165, 1.54) is 32.1 Å². The molecule has 10 heteroatoms. The number of hydrogen-bond donors (Lipinski definition) is 2. The van der Waals surface area contributed by atoms with Crippen LogP contribution in [0.3, 0.4) is 0 Å². The van der Waals surface area contributed by atoms with E-state index >= 15 is 0 Å². The Morgan fingerprint density at radius 2 is 1.82 bits per heavy atom. The van der Waals surface area contributed by atoms with Gasteiger partial charge in [0.25, 0.3) is 0 Å². The fourth-order valence-corrected chi connectivity index (χ4v) is 4.65. The second-order valence-corrected chi connectivity index (χ2v) is 9.41. The van der Waals surface area contributed by atoms with Crippen molar-refractivity contribution in [1.29, 1.82) is 5.26 Å². The van der Waals surface area contributed by atoms with E-state index in [1.54, 1.807) is 22.9 Å². The highest BCUT2D eigenvalue weighted by atomic mass is 32.2. The zero-order valence-electron chi connectivity index (χ0n) is 19.5. The molecule has 1 aromatic heterocycles. The third-order valence-corrected chi connectivity index (χ3v) is 6.80. The number of aliphatic imine (C=N–C) groups is 1. The van der Waals surface area contributed by atoms with Crippen LogP contribution in [0.1, 0.15) is 64.2 Å². The van der Waals surface area contributed by atoms with E-state index in [-0.39, 0.29) is 5.96 Å². The molecular weight excluding hydrogens is 440 g/mol. The van der Waals surface area contributed by atoms with Gasteiger partial charge >= 0.3 is 0 Å². The number of hydrogen-bond acceptors (Lipinski definition) is 5. The number of anilines is 1. The van der Waals surface area contributed by atoms with Crippen molar-refractivity contribution in [3.05, 3.63) is 24.5 Å². The standard InChI is InChI=1S/C23H38N6O3S/c24-20-27-23(25)29(22-11-13-26-14-12-22)16-8-3-1-2-7-15-28(33(30)31)17-18-32-19-21-9-5-4-6-10-21/h11-14,21H,1-10,15-19H2,(H2,25,27)(H,30,31). The maximum Gasteiger partial charge on any atom is 0.234 e. The quantitative estimate of drug-likeness (QED) is 0.129. The monoisotopic (exact) mass is 478 g/mol. The highest BCUT2D eigenvalue weighted by Crippen LogP contribution is 2.23. The average Bonchev–Trinajstić information content (AvgIpc) is 2.83. The van der Waals surface area contributed by atoms with Crippen molar-refractivity contribution >= 4 is 22.9 Å². The molecule has 1 atom stereocenters. The predicted octanol–water partition coefficient (Wildman–Crippen LogP) is 3.67. The predicted molar refractivity (Wildman–Crippen MR) is 132 cm³/mol. The van der Waals surface area contributed by atoms with Gasteiger partial charge in [-0.15, -0.1) is 4.99 Å². The molecule has 9 nitrogen and oxygen atoms in total. The summed E-state index contributed by atoms with van der Waals surface area (Å²) in [5.74, 6) is 0.832. The minimum absolute atomic E-state index is 0.176. The lowest BCUT2D eigenvalue weighted by molar-refractivity contribution is 0.0781. The SMILES string of the molecule is N#CN=C(N)N(CCCCCCCN(CCOCC1CCCCC1)S(=O)O)c1ccncc1. The summed E-state index contributed by atoms with van der Waals surface area (Å²) >= 11 is -1.97. The summed E-state index contributed by atoms with van der Waals surface area (Å²) in [5, 5.41) is 8.80. The maximum atomic E-state index is 11.6. The Morgan fingerprint density at radius 1 is 1.15 bits per heavy atom. The number of aromatic nitrogens is 1. The van der Waals surface area contributed by atoms with Crippen molar-refractivity contribution in [1.82, 2.24) is 9.29 Å². The molecule has 0 amide bonds. The Kier molecular flexibility index (Phi) is 13.6. The molecule has 0 saturated heterocycles. The molecule has 1 fully saturated rings. The molecule has 1 aromatic rings. The van der Waals surface area contributed by atoms with E-state index in [0.717, 1.165) is 44.4 Å². The van der Waals surface area contributed by atoms with E-state index in [0.29, 0.717) is 32.2 Å². The molecule has 0 spiro atoms. The van der Waals surface area contributed by atoms with Crippen LogP contribution in [0.25, 0.3) is 0 Å². The van der Waals surface area contributed by atoms with Gasteiger partial charge in [0.15, 0.2) is 0 Å². The summed E-state index contributed by atoms with van der Waals surface area (Å²) in [6.07, 6.45) is 16.3. The number of ether oxygens (including phenoxy) is 1. The molecule has 0 aliphatic heterocycles. The lowest BCUT2D eigenvalue weighted by Gasteiger charge is -2.23. The number of guanidine groups is 1. The zero-order chi connectivity index (χ0) is 23.7. The number of nitriles is 1. The van der Waals surface area contributed by atoms with Gasteiger partial charge in [0.05, 0.1) is 6.61 Å². The Morgan fingerprint density at radius 3 is 2.48 bits per heavy atom. The minimum atomic E-state index is -1.97. The van der Waals surface area contributed by atoms with Gasteiger partial charge in [0, 0.05) is 44.3 Å². The third kappa shape index (κ3) is 11.1. The first-order valence-corrected chi connectivity index (χ1v) is 13.0. The molecule has 33 heavy (non-hydrogen) atoms. The third-order valence-electron chi connectivity index (χ3n) is 5.99. The van der Waals surface area contributed by atoms with E-state index in [4.69, 9.17) is 15.7 Å². The molecule has 1 aliphatic carbocycles. The number of pyridine rings is 1. The Labute approximate surface area is 200 Å². The molecule has 0 radical (unpaired) electrons. The summed E-state index contributed by atoms with van der Waals surface area (Å²) in [4.78, 5) is 9.48. The van der Waals surface area contributed by atoms with Crippen molar-refractivity contribution in [3.8, 4) is 6.19 Å². The van der Waals surface area contributed by atoms with Crippen LogP contribution in [-0.2, 0) is 16.0 Å². The van der Waals surface area contributed by atoms with E-state index in [1.807, 2.05) is 17.0 Å². The number of nitrogens with zero attached hydrogens (tertiary/aromatic N) is 5. The number of rotatable bonds is 15. The Bertz CT molecular complexity index is 752. The van der Waals surface area contributed by atoms with Gasteiger partial charge in [-0.3, -0.25) is 9.54 Å². The van der Waals surface area contributed by atoms with Crippen LogP contribution in [0, 0.1) is 17.4 Å². The highest BCUT2D eigenvalue weighted by Gasteiger charge is 2.15. The van der Waals surface area contributed by atoms with Crippen LogP contribution in [0.5, 0.6) is 0 Å². The lowest BCUT2D eigenvalue weighted by atomic mass is 9.90. The molecule has 0 aromatic carbocycles. The molecule has 1 saturated carbocycles. The number of unbranched alkanes of at least 4 members (excludes halogenated alkanes) is 4. The van der Waals surface area contributed by atoms with Crippen molar-refractivity contribution in [2.24, 2.45) is 16.6 Å². The molecule has 1 aliphatic rings. The van der Waals surface area contributed by atoms with Crippen molar-refractivity contribution in [2.45, 2.75) is 64.2 Å². The largest absolute Gasteiger partial charge is 0.380 e. The van der Waals surface area contributed by atoms with Crippen molar-refractivity contribution < 1.29 is 13.5 Å². The normalized spacial score (nSPS) is 16.0. The van der Waals surface area contributed by atoms with Crippen LogP contribution < -0.4 is 10.6 Å². The summed E-state index contributed by atoms with van der Waals surface area (Å²) in [7, 11) is 0. The van der Waals surface area contributed by atoms with E-state index < -0.39 is 11.3 Å². The topological polar surface area (TPSA) is 128 Å². The van der Waals surface area contributed by atoms with E-state index in [9.17, 15) is 8.76 Å². The second kappa shape index (κ2) is 16.5. The average molecular weight is 479 g/mol. The minimum Gasteiger partial charge on any atom is -0.380 e. The van der Waals surface area contributed by atoms with Gasteiger partial charge in [-0.1, -0.05) is 38.5 Å². The van der Waals surface area contributed by atoms with Gasteiger partial charge in [-0.25, -0.2) is 4.21 Å². The first-order chi connectivity index (χ1) is 16.1. The number of nitrogens with two attached hydrogens (primary N) is 1. The van der Waals surface area contributed by atoms with Crippen molar-refractivity contribution in [3.63, 3.8) is 0 Å². The van der Waals surface area contributed by atoms with Crippen LogP contribution >= 0.6 is 0 Å². The van der Waals surface area contributed by atoms with Gasteiger partial charge < -0.3 is 15.4 Å². The van der Waals surface area contributed by atoms with Crippen LogP contribution in [0.15, 0.2) is 29.5 Å². The van der Waals surface area contributed by atoms with Gasteiger partial charge in [0.1, 0.15) is 0 Å². The fourth-order valence-electron chi connectivity index (χ4n) is 4.14. The smallest absolute Gasteiger partial charge is 0.234 e. The van der Waals surface area contributed by atoms with E-state index in [2.05, 4.69) is 9.98 Å². The van der Waals surface area contributed by atoms with Crippen LogP contribution in [0.4, 0.5) is 5.69 Å². The molecule has 0 bridgehead atoms. The Hall–Kier alpha value is -2.06. The molecule has 184 valence electrons. The van der Waals surface area contributed by atoms with Crippen LogP contribution in [-0.4, -0.2) is 56.9 Å². The molecule has 1 heterocycles. The first-order valence-electron chi connectivity index (χ1n) is 11.9. The lowest BCUT2D eigenvalue weighted by Crippen LogP contribution is -2.38. The molecule has 1 unspecified atom stereocenters. The first kappa shape index (κ1) is 27.2. The van der Waals surface area contributed by atoms with Gasteiger partial charge in [-0.05, 0) is 43.7 Å². The van der Waals surface area contributed by atoms with Crippen molar-refractivity contribution in [2.75, 3.05) is 37.7 Å². The highest BCUT2D eigenvalue weighted by molar-refractivity contribution is 7.76.